The summed E-state index contributed by atoms with van der Waals surface area (Å²) in [6, 6.07) is 14.7. The highest BCUT2D eigenvalue weighted by Gasteiger charge is 2.21. The smallest absolute Gasteiger partial charge is 0.315 e. The van der Waals surface area contributed by atoms with Crippen molar-refractivity contribution in [3.05, 3.63) is 59.7 Å². The van der Waals surface area contributed by atoms with Gasteiger partial charge in [0.15, 0.2) is 0 Å². The van der Waals surface area contributed by atoms with Gasteiger partial charge in [0.25, 0.3) is 0 Å². The molecule has 3 amide bonds. The molecule has 1 fully saturated rings. The molecule has 1 saturated heterocycles. The molecule has 1 aliphatic rings. The van der Waals surface area contributed by atoms with Crippen molar-refractivity contribution in [2.24, 2.45) is 0 Å². The zero-order valence-electron chi connectivity index (χ0n) is 16.1. The molecule has 0 radical (unpaired) electrons. The minimum absolute atomic E-state index is 0.0392. The summed E-state index contributed by atoms with van der Waals surface area (Å²) in [5.74, 6) is 0.431. The number of phenolic OH excluding ortho intramolecular Hbond substituents is 1. The van der Waals surface area contributed by atoms with Crippen LogP contribution in [0, 0.1) is 0 Å². The maximum atomic E-state index is 12.1. The first-order valence-electron chi connectivity index (χ1n) is 9.73. The number of aryl methyl sites for hydroxylation is 1. The van der Waals surface area contributed by atoms with Gasteiger partial charge in [-0.2, -0.15) is 0 Å². The molecule has 0 unspecified atom stereocenters. The monoisotopic (exact) mass is 381 g/mol. The van der Waals surface area contributed by atoms with E-state index in [1.807, 2.05) is 43.3 Å². The summed E-state index contributed by atoms with van der Waals surface area (Å²) in [7, 11) is 0. The second kappa shape index (κ2) is 9.26. The third-order valence-electron chi connectivity index (χ3n) is 4.95. The van der Waals surface area contributed by atoms with Crippen LogP contribution in [-0.2, 0) is 17.8 Å². The van der Waals surface area contributed by atoms with Gasteiger partial charge < -0.3 is 20.6 Å². The largest absolute Gasteiger partial charge is 0.508 e. The SMILES string of the molecule is C[C@H](CCc1ccc(O)cc1)NC(=O)NCc1ccc(N2CCCC2=O)cc1. The Morgan fingerprint density at radius 3 is 2.43 bits per heavy atom. The molecule has 28 heavy (non-hydrogen) atoms. The number of carbonyl (C=O) groups is 2. The van der Waals surface area contributed by atoms with E-state index in [-0.39, 0.29) is 23.7 Å². The van der Waals surface area contributed by atoms with Crippen LogP contribution in [-0.4, -0.2) is 29.6 Å². The molecule has 1 heterocycles. The first kappa shape index (κ1) is 19.7. The van der Waals surface area contributed by atoms with Crippen LogP contribution in [0.5, 0.6) is 5.75 Å². The lowest BCUT2D eigenvalue weighted by molar-refractivity contribution is -0.117. The van der Waals surface area contributed by atoms with Gasteiger partial charge in [0, 0.05) is 31.2 Å². The third-order valence-corrected chi connectivity index (χ3v) is 4.95. The molecule has 3 N–H and O–H groups in total. The summed E-state index contributed by atoms with van der Waals surface area (Å²) in [4.78, 5) is 25.7. The number of anilines is 1. The highest BCUT2D eigenvalue weighted by Crippen LogP contribution is 2.21. The Balaban J connectivity index is 1.39. The summed E-state index contributed by atoms with van der Waals surface area (Å²) in [5.41, 5.74) is 3.03. The summed E-state index contributed by atoms with van der Waals surface area (Å²) in [6.07, 6.45) is 3.18. The van der Waals surface area contributed by atoms with Gasteiger partial charge >= 0.3 is 6.03 Å². The molecule has 0 aromatic heterocycles. The second-order valence-electron chi connectivity index (χ2n) is 7.25. The van der Waals surface area contributed by atoms with Gasteiger partial charge in [-0.15, -0.1) is 0 Å². The van der Waals surface area contributed by atoms with Crippen molar-refractivity contribution < 1.29 is 14.7 Å². The van der Waals surface area contributed by atoms with Crippen LogP contribution in [0.3, 0.4) is 0 Å². The van der Waals surface area contributed by atoms with Crippen LogP contribution in [0.15, 0.2) is 48.5 Å². The quantitative estimate of drug-likeness (QED) is 0.688. The van der Waals surface area contributed by atoms with Gasteiger partial charge in [-0.1, -0.05) is 24.3 Å². The fraction of sp³-hybridized carbons (Fsp3) is 0.364. The summed E-state index contributed by atoms with van der Waals surface area (Å²) < 4.78 is 0. The highest BCUT2D eigenvalue weighted by atomic mass is 16.3. The van der Waals surface area contributed by atoms with Gasteiger partial charge in [0.2, 0.25) is 5.91 Å². The lowest BCUT2D eigenvalue weighted by atomic mass is 10.1. The Bertz CT molecular complexity index is 803. The number of amides is 3. The van der Waals surface area contributed by atoms with E-state index < -0.39 is 0 Å². The van der Waals surface area contributed by atoms with Crippen molar-refractivity contribution in [3.8, 4) is 5.75 Å². The first-order chi connectivity index (χ1) is 13.5. The van der Waals surface area contributed by atoms with Crippen LogP contribution in [0.2, 0.25) is 0 Å². The minimum Gasteiger partial charge on any atom is -0.508 e. The molecule has 0 spiro atoms. The fourth-order valence-electron chi connectivity index (χ4n) is 3.29. The van der Waals surface area contributed by atoms with Gasteiger partial charge in [0.1, 0.15) is 5.75 Å². The van der Waals surface area contributed by atoms with E-state index in [4.69, 9.17) is 0 Å². The molecule has 1 atom stereocenters. The molecule has 2 aromatic rings. The average molecular weight is 381 g/mol. The number of urea groups is 1. The molecule has 0 saturated carbocycles. The predicted molar refractivity (Wildman–Crippen MR) is 109 cm³/mol. The third kappa shape index (κ3) is 5.49. The number of hydrogen-bond acceptors (Lipinski definition) is 3. The van der Waals surface area contributed by atoms with Crippen LogP contribution < -0.4 is 15.5 Å². The number of carbonyl (C=O) groups excluding carboxylic acids is 2. The maximum absolute atomic E-state index is 12.1. The van der Waals surface area contributed by atoms with Gasteiger partial charge in [-0.25, -0.2) is 4.79 Å². The molecule has 6 heteroatoms. The van der Waals surface area contributed by atoms with E-state index in [0.29, 0.717) is 13.0 Å². The summed E-state index contributed by atoms with van der Waals surface area (Å²) in [5, 5.41) is 15.1. The highest BCUT2D eigenvalue weighted by molar-refractivity contribution is 5.95. The molecular formula is C22H27N3O3. The first-order valence-corrected chi connectivity index (χ1v) is 9.73. The number of hydrogen-bond donors (Lipinski definition) is 3. The zero-order valence-corrected chi connectivity index (χ0v) is 16.1. The molecule has 2 aromatic carbocycles. The Morgan fingerprint density at radius 1 is 1.11 bits per heavy atom. The van der Waals surface area contributed by atoms with Crippen LogP contribution in [0.4, 0.5) is 10.5 Å². The number of aromatic hydroxyl groups is 1. The predicted octanol–water partition coefficient (Wildman–Crippen LogP) is 3.34. The topological polar surface area (TPSA) is 81.7 Å². The van der Waals surface area contributed by atoms with Crippen LogP contribution in [0.1, 0.15) is 37.3 Å². The molecule has 0 bridgehead atoms. The Labute approximate surface area is 165 Å². The van der Waals surface area contributed by atoms with Crippen molar-refractivity contribution >= 4 is 17.6 Å². The number of nitrogens with zero attached hydrogens (tertiary/aromatic N) is 1. The van der Waals surface area contributed by atoms with Gasteiger partial charge in [-0.3, -0.25) is 4.79 Å². The molecule has 6 nitrogen and oxygen atoms in total. The van der Waals surface area contributed by atoms with Crippen LogP contribution >= 0.6 is 0 Å². The molecule has 0 aliphatic carbocycles. The van der Waals surface area contributed by atoms with Crippen molar-refractivity contribution in [2.75, 3.05) is 11.4 Å². The summed E-state index contributed by atoms with van der Waals surface area (Å²) >= 11 is 0. The minimum atomic E-state index is -0.197. The van der Waals surface area contributed by atoms with Crippen molar-refractivity contribution in [1.82, 2.24) is 10.6 Å². The van der Waals surface area contributed by atoms with E-state index in [2.05, 4.69) is 10.6 Å². The maximum Gasteiger partial charge on any atom is 0.315 e. The fourth-order valence-corrected chi connectivity index (χ4v) is 3.29. The Morgan fingerprint density at radius 2 is 1.79 bits per heavy atom. The molecule has 3 rings (SSSR count). The van der Waals surface area contributed by atoms with Crippen LogP contribution in [0.25, 0.3) is 0 Å². The number of phenols is 1. The van der Waals surface area contributed by atoms with Gasteiger partial charge in [0.05, 0.1) is 0 Å². The normalized spacial score (nSPS) is 14.8. The van der Waals surface area contributed by atoms with Crippen molar-refractivity contribution in [3.63, 3.8) is 0 Å². The van der Waals surface area contributed by atoms with E-state index in [1.165, 1.54) is 0 Å². The molecular weight excluding hydrogens is 354 g/mol. The number of rotatable bonds is 7. The molecule has 148 valence electrons. The van der Waals surface area contributed by atoms with Crippen molar-refractivity contribution in [2.45, 2.75) is 45.2 Å². The Kier molecular flexibility index (Phi) is 6.53. The molecule has 1 aliphatic heterocycles. The lowest BCUT2D eigenvalue weighted by Gasteiger charge is -2.17. The van der Waals surface area contributed by atoms with E-state index >= 15 is 0 Å². The lowest BCUT2D eigenvalue weighted by Crippen LogP contribution is -2.40. The second-order valence-corrected chi connectivity index (χ2v) is 7.25. The van der Waals surface area contributed by atoms with Crippen molar-refractivity contribution in [1.29, 1.82) is 0 Å². The van der Waals surface area contributed by atoms with Gasteiger partial charge in [-0.05, 0) is 61.6 Å². The van der Waals surface area contributed by atoms with E-state index in [9.17, 15) is 14.7 Å². The average Bonchev–Trinajstić information content (AvgIpc) is 3.12. The number of benzene rings is 2. The standard InChI is InChI=1S/C22H27N3O3/c1-16(4-5-17-8-12-20(26)13-9-17)24-22(28)23-15-18-6-10-19(11-7-18)25-14-2-3-21(25)27/h6-13,16,26H,2-5,14-15H2,1H3,(H2,23,24,28)/t16-/m1/s1. The number of nitrogens with one attached hydrogen (secondary N) is 2. The summed E-state index contributed by atoms with van der Waals surface area (Å²) in [6.45, 7) is 3.19. The van der Waals surface area contributed by atoms with E-state index in [0.717, 1.165) is 42.6 Å². The Hall–Kier alpha value is -3.02. The van der Waals surface area contributed by atoms with E-state index in [1.54, 1.807) is 17.0 Å². The zero-order chi connectivity index (χ0) is 19.9.